The van der Waals surface area contributed by atoms with Crippen LogP contribution in [0.3, 0.4) is 0 Å². The Labute approximate surface area is 257 Å². The monoisotopic (exact) mass is 620 g/mol. The second-order valence-corrected chi connectivity index (χ2v) is 11.7. The van der Waals surface area contributed by atoms with Crippen molar-refractivity contribution in [3.63, 3.8) is 0 Å². The number of nitrogens with one attached hydrogen (secondary N) is 2. The third-order valence-electron chi connectivity index (χ3n) is 8.46. The van der Waals surface area contributed by atoms with Gasteiger partial charge in [0.1, 0.15) is 0 Å². The molecule has 1 spiro atoms. The van der Waals surface area contributed by atoms with Crippen molar-refractivity contribution in [3.8, 4) is 11.3 Å². The molecule has 2 aromatic carbocycles. The largest absolute Gasteiger partial charge is 0.469 e. The molecule has 12 heteroatoms. The number of aromatic nitrogens is 1. The smallest absolute Gasteiger partial charge is 0.412 e. The van der Waals surface area contributed by atoms with Gasteiger partial charge >= 0.3 is 12.1 Å². The molecule has 2 bridgehead atoms. The number of esters is 1. The summed E-state index contributed by atoms with van der Waals surface area (Å²) in [4.78, 5) is 57.5. The number of halogens is 2. The molecule has 6 rings (SSSR count). The molecular weight excluding hydrogens is 591 g/mol. The Morgan fingerprint density at radius 3 is 2.80 bits per heavy atom. The summed E-state index contributed by atoms with van der Waals surface area (Å²) in [5, 5.41) is 5.39. The second-order valence-electron chi connectivity index (χ2n) is 11.3. The van der Waals surface area contributed by atoms with Crippen LogP contribution < -0.4 is 10.6 Å². The molecule has 4 heterocycles. The van der Waals surface area contributed by atoms with Crippen LogP contribution in [-0.2, 0) is 35.9 Å². The van der Waals surface area contributed by atoms with E-state index in [2.05, 4.69) is 15.6 Å². The van der Waals surface area contributed by atoms with Crippen LogP contribution in [0.1, 0.15) is 54.7 Å². The molecule has 2 atom stereocenters. The summed E-state index contributed by atoms with van der Waals surface area (Å²) in [5.74, 6) is -2.03. The molecule has 1 fully saturated rings. The van der Waals surface area contributed by atoms with Crippen molar-refractivity contribution in [2.75, 3.05) is 30.8 Å². The fourth-order valence-corrected chi connectivity index (χ4v) is 6.46. The first kappa shape index (κ1) is 29.6. The van der Waals surface area contributed by atoms with Crippen LogP contribution in [0.25, 0.3) is 11.3 Å². The van der Waals surface area contributed by atoms with Gasteiger partial charge in [-0.2, -0.15) is 0 Å². The lowest BCUT2D eigenvalue weighted by Crippen LogP contribution is -2.44. The SMILES string of the molecule is COC(=O)Cc1ccc2c(c1)NC(=O)CCCC[C@H](C(=O)N1CC[C@@]3(C1)OC(=O)Nc1ccc(Cl)c(F)c13)c1ccnc-2c1. The van der Waals surface area contributed by atoms with E-state index in [0.717, 1.165) is 5.56 Å². The fraction of sp³-hybridized carbons (Fsp3) is 0.344. The van der Waals surface area contributed by atoms with E-state index < -0.39 is 29.4 Å². The van der Waals surface area contributed by atoms with Crippen LogP contribution in [0, 0.1) is 5.82 Å². The normalized spacial score (nSPS) is 21.2. The van der Waals surface area contributed by atoms with Crippen molar-refractivity contribution in [2.24, 2.45) is 0 Å². The minimum atomic E-state index is -1.37. The summed E-state index contributed by atoms with van der Waals surface area (Å²) < 4.78 is 25.8. The summed E-state index contributed by atoms with van der Waals surface area (Å²) in [7, 11) is 1.32. The van der Waals surface area contributed by atoms with Gasteiger partial charge in [-0.15, -0.1) is 0 Å². The maximum Gasteiger partial charge on any atom is 0.412 e. The highest BCUT2D eigenvalue weighted by Crippen LogP contribution is 2.46. The van der Waals surface area contributed by atoms with E-state index in [4.69, 9.17) is 21.1 Å². The quantitative estimate of drug-likeness (QED) is 0.368. The summed E-state index contributed by atoms with van der Waals surface area (Å²) in [6, 6.07) is 11.8. The van der Waals surface area contributed by atoms with Crippen LogP contribution in [0.2, 0.25) is 5.02 Å². The van der Waals surface area contributed by atoms with Gasteiger partial charge in [-0.1, -0.05) is 30.2 Å². The van der Waals surface area contributed by atoms with Crippen LogP contribution in [-0.4, -0.2) is 54.0 Å². The molecule has 1 aromatic heterocycles. The molecule has 10 nitrogen and oxygen atoms in total. The van der Waals surface area contributed by atoms with E-state index in [1.807, 2.05) is 6.07 Å². The highest BCUT2D eigenvalue weighted by Gasteiger charge is 2.51. The zero-order valence-electron chi connectivity index (χ0n) is 24.0. The number of carbonyl (C=O) groups excluding carboxylic acids is 4. The molecule has 3 aliphatic heterocycles. The van der Waals surface area contributed by atoms with Crippen LogP contribution in [0.5, 0.6) is 0 Å². The van der Waals surface area contributed by atoms with Gasteiger partial charge < -0.3 is 19.7 Å². The molecule has 3 aromatic rings. The number of anilines is 2. The van der Waals surface area contributed by atoms with E-state index in [1.165, 1.54) is 19.2 Å². The maximum atomic E-state index is 15.3. The number of hydrogen-bond acceptors (Lipinski definition) is 7. The Bertz CT molecular complexity index is 1680. The molecule has 2 N–H and O–H groups in total. The number of rotatable bonds is 3. The van der Waals surface area contributed by atoms with Gasteiger partial charge in [0, 0.05) is 31.1 Å². The molecule has 228 valence electrons. The fourth-order valence-electron chi connectivity index (χ4n) is 6.30. The first-order valence-corrected chi connectivity index (χ1v) is 14.8. The Morgan fingerprint density at radius 2 is 1.98 bits per heavy atom. The Morgan fingerprint density at radius 1 is 1.14 bits per heavy atom. The van der Waals surface area contributed by atoms with Crippen molar-refractivity contribution >= 4 is 46.9 Å². The second kappa shape index (κ2) is 11.9. The lowest BCUT2D eigenvalue weighted by atomic mass is 9.89. The molecule has 0 radical (unpaired) electrons. The zero-order chi connectivity index (χ0) is 31.0. The van der Waals surface area contributed by atoms with Crippen LogP contribution >= 0.6 is 11.6 Å². The molecular formula is C32H30ClFN4O6. The van der Waals surface area contributed by atoms with Gasteiger partial charge in [0.2, 0.25) is 11.8 Å². The van der Waals surface area contributed by atoms with Crippen molar-refractivity contribution in [3.05, 3.63) is 76.2 Å². The zero-order valence-corrected chi connectivity index (χ0v) is 24.7. The molecule has 0 aliphatic carbocycles. The number of pyridine rings is 1. The number of hydrogen-bond donors (Lipinski definition) is 2. The number of likely N-dealkylation sites (tertiary alicyclic amines) is 1. The molecule has 0 unspecified atom stereocenters. The van der Waals surface area contributed by atoms with Gasteiger partial charge in [-0.25, -0.2) is 9.18 Å². The lowest BCUT2D eigenvalue weighted by Gasteiger charge is -2.36. The minimum Gasteiger partial charge on any atom is -0.469 e. The summed E-state index contributed by atoms with van der Waals surface area (Å²) >= 11 is 6.09. The predicted octanol–water partition coefficient (Wildman–Crippen LogP) is 5.54. The molecule has 0 saturated carbocycles. The topological polar surface area (TPSA) is 127 Å². The number of ether oxygens (including phenoxy) is 2. The Hall–Kier alpha value is -4.51. The molecule has 1 saturated heterocycles. The van der Waals surface area contributed by atoms with Crippen LogP contribution in [0.15, 0.2) is 48.7 Å². The first-order chi connectivity index (χ1) is 21.2. The van der Waals surface area contributed by atoms with E-state index in [0.29, 0.717) is 41.8 Å². The van der Waals surface area contributed by atoms with Gasteiger partial charge in [0.05, 0.1) is 53.6 Å². The highest BCUT2D eigenvalue weighted by atomic mass is 35.5. The Balaban J connectivity index is 1.33. The standard InChI is InChI=1S/C32H30ClFN4O6/c1-43-27(40)15-18-6-7-21-24-16-19(10-12-35-24)20(4-2-3-5-26(39)36-25(21)14-18)30(41)38-13-11-32(17-38)28-23(37-31(42)44-32)9-8-22(33)29(28)34/h6-10,12,14,16,20H,2-5,11,13,15,17H2,1H3,(H,36,39)(H,37,42)/t20-,32-/m0/s1. The Kier molecular flexibility index (Phi) is 7.98. The van der Waals surface area contributed by atoms with Gasteiger partial charge in [0.25, 0.3) is 0 Å². The maximum absolute atomic E-state index is 15.3. The van der Waals surface area contributed by atoms with Crippen molar-refractivity contribution in [1.82, 2.24) is 9.88 Å². The number of benzene rings is 2. The van der Waals surface area contributed by atoms with Gasteiger partial charge in [-0.3, -0.25) is 24.7 Å². The number of carbonyl (C=O) groups is 4. The summed E-state index contributed by atoms with van der Waals surface area (Å²) in [6.45, 7) is 0.228. The number of nitrogens with zero attached hydrogens (tertiary/aromatic N) is 2. The average molecular weight is 621 g/mol. The lowest BCUT2D eigenvalue weighted by molar-refractivity contribution is -0.139. The first-order valence-electron chi connectivity index (χ1n) is 14.4. The number of fused-ring (bicyclic) bond motifs is 6. The van der Waals surface area contributed by atoms with E-state index in [9.17, 15) is 19.2 Å². The summed E-state index contributed by atoms with van der Waals surface area (Å²) in [5.41, 5.74) is 2.17. The third-order valence-corrected chi connectivity index (χ3v) is 8.75. The van der Waals surface area contributed by atoms with E-state index in [-0.39, 0.29) is 60.4 Å². The summed E-state index contributed by atoms with van der Waals surface area (Å²) in [6.07, 6.45) is 3.04. The van der Waals surface area contributed by atoms with Crippen molar-refractivity contribution < 1.29 is 33.0 Å². The van der Waals surface area contributed by atoms with E-state index >= 15 is 4.39 Å². The predicted molar refractivity (Wildman–Crippen MR) is 160 cm³/mol. The van der Waals surface area contributed by atoms with Crippen molar-refractivity contribution in [1.29, 1.82) is 0 Å². The van der Waals surface area contributed by atoms with E-state index in [1.54, 1.807) is 35.4 Å². The molecule has 44 heavy (non-hydrogen) atoms. The highest BCUT2D eigenvalue weighted by molar-refractivity contribution is 6.31. The number of methoxy groups -OCH3 is 1. The van der Waals surface area contributed by atoms with Gasteiger partial charge in [0.15, 0.2) is 11.4 Å². The third kappa shape index (κ3) is 5.59. The van der Waals surface area contributed by atoms with Crippen molar-refractivity contribution in [2.45, 2.75) is 50.0 Å². The average Bonchev–Trinajstić information content (AvgIpc) is 3.41. The van der Waals surface area contributed by atoms with Gasteiger partial charge in [-0.05, 0) is 54.3 Å². The molecule has 3 aliphatic rings. The van der Waals surface area contributed by atoms with Crippen LogP contribution in [0.4, 0.5) is 20.6 Å². The number of amides is 3. The minimum absolute atomic E-state index is 0.0217. The molecule has 3 amide bonds.